The molecule has 0 aliphatic heterocycles. The van der Waals surface area contributed by atoms with Gasteiger partial charge in [-0.25, -0.2) is 0 Å². The highest BCUT2D eigenvalue weighted by molar-refractivity contribution is 6.03. The van der Waals surface area contributed by atoms with Crippen molar-refractivity contribution < 1.29 is 14.3 Å². The number of methoxy groups -OCH3 is 1. The van der Waals surface area contributed by atoms with Crippen LogP contribution in [0.25, 0.3) is 0 Å². The van der Waals surface area contributed by atoms with Gasteiger partial charge >= 0.3 is 0 Å². The van der Waals surface area contributed by atoms with Gasteiger partial charge in [0.15, 0.2) is 0 Å². The molecule has 0 aliphatic carbocycles. The molecule has 2 amide bonds. The summed E-state index contributed by atoms with van der Waals surface area (Å²) in [5, 5.41) is 5.38. The number of ether oxygens (including phenoxy) is 1. The zero-order valence-electron chi connectivity index (χ0n) is 12.3. The van der Waals surface area contributed by atoms with Crippen LogP contribution in [-0.2, 0) is 16.1 Å². The first-order valence-corrected chi connectivity index (χ1v) is 6.92. The molecule has 0 unspecified atom stereocenters. The van der Waals surface area contributed by atoms with Gasteiger partial charge in [-0.2, -0.15) is 0 Å². The van der Waals surface area contributed by atoms with E-state index >= 15 is 0 Å². The molecule has 5 nitrogen and oxygen atoms in total. The monoisotopic (exact) mass is 298 g/mol. The minimum absolute atomic E-state index is 0.218. The highest BCUT2D eigenvalue weighted by Gasteiger charge is 2.10. The van der Waals surface area contributed by atoms with E-state index in [0.717, 1.165) is 5.56 Å². The molecule has 2 aromatic rings. The molecule has 114 valence electrons. The van der Waals surface area contributed by atoms with Crippen molar-refractivity contribution in [1.82, 2.24) is 5.32 Å². The lowest BCUT2D eigenvalue weighted by atomic mass is 10.2. The molecule has 0 atom stereocenters. The van der Waals surface area contributed by atoms with Crippen LogP contribution in [0.1, 0.15) is 12.0 Å². The molecule has 0 radical (unpaired) electrons. The molecule has 0 saturated carbocycles. The number of para-hydroxylation sites is 2. The Bertz CT molecular complexity index is 641. The number of carbonyl (C=O) groups is 2. The predicted molar refractivity (Wildman–Crippen MR) is 84.5 cm³/mol. The Morgan fingerprint density at radius 3 is 2.36 bits per heavy atom. The smallest absolute Gasteiger partial charge is 0.233 e. The highest BCUT2D eigenvalue weighted by atomic mass is 16.5. The zero-order valence-corrected chi connectivity index (χ0v) is 12.3. The van der Waals surface area contributed by atoms with Gasteiger partial charge < -0.3 is 15.4 Å². The van der Waals surface area contributed by atoms with Crippen molar-refractivity contribution in [3.05, 3.63) is 60.2 Å². The lowest BCUT2D eigenvalue weighted by molar-refractivity contribution is -0.126. The molecule has 0 fully saturated rings. The third kappa shape index (κ3) is 4.63. The van der Waals surface area contributed by atoms with Crippen molar-refractivity contribution in [3.63, 3.8) is 0 Å². The second kappa shape index (κ2) is 7.83. The normalized spacial score (nSPS) is 9.86. The summed E-state index contributed by atoms with van der Waals surface area (Å²) >= 11 is 0. The van der Waals surface area contributed by atoms with Crippen LogP contribution in [0.2, 0.25) is 0 Å². The summed E-state index contributed by atoms with van der Waals surface area (Å²) in [5.41, 5.74) is 1.53. The molecule has 0 aliphatic rings. The van der Waals surface area contributed by atoms with E-state index in [1.165, 1.54) is 0 Å². The van der Waals surface area contributed by atoms with Gasteiger partial charge in [-0.05, 0) is 18.2 Å². The topological polar surface area (TPSA) is 67.4 Å². The Morgan fingerprint density at radius 2 is 1.64 bits per heavy atom. The van der Waals surface area contributed by atoms with Crippen LogP contribution in [-0.4, -0.2) is 18.9 Å². The molecular formula is C17H18N2O3. The Balaban J connectivity index is 1.81. The SMILES string of the molecule is COc1ccccc1CNC(=O)CC(=O)Nc1ccccc1. The van der Waals surface area contributed by atoms with Gasteiger partial charge in [0.1, 0.15) is 12.2 Å². The third-order valence-electron chi connectivity index (χ3n) is 3.05. The fraction of sp³-hybridized carbons (Fsp3) is 0.176. The minimum Gasteiger partial charge on any atom is -0.496 e. The summed E-state index contributed by atoms with van der Waals surface area (Å²) in [4.78, 5) is 23.6. The van der Waals surface area contributed by atoms with Gasteiger partial charge in [-0.15, -0.1) is 0 Å². The average Bonchev–Trinajstić information content (AvgIpc) is 2.54. The van der Waals surface area contributed by atoms with Crippen LogP contribution in [0, 0.1) is 0 Å². The number of hydrogen-bond donors (Lipinski definition) is 2. The number of hydrogen-bond acceptors (Lipinski definition) is 3. The lowest BCUT2D eigenvalue weighted by Crippen LogP contribution is -2.27. The molecule has 0 bridgehead atoms. The number of amides is 2. The predicted octanol–water partition coefficient (Wildman–Crippen LogP) is 2.34. The van der Waals surface area contributed by atoms with E-state index in [0.29, 0.717) is 18.0 Å². The maximum atomic E-state index is 11.8. The van der Waals surface area contributed by atoms with Crippen LogP contribution in [0.15, 0.2) is 54.6 Å². The van der Waals surface area contributed by atoms with Crippen molar-refractivity contribution in [1.29, 1.82) is 0 Å². The number of carbonyl (C=O) groups excluding carboxylic acids is 2. The Labute approximate surface area is 129 Å². The van der Waals surface area contributed by atoms with E-state index in [9.17, 15) is 9.59 Å². The molecule has 2 rings (SSSR count). The van der Waals surface area contributed by atoms with Gasteiger partial charge in [0.05, 0.1) is 7.11 Å². The minimum atomic E-state index is -0.344. The number of anilines is 1. The van der Waals surface area contributed by atoms with E-state index < -0.39 is 0 Å². The van der Waals surface area contributed by atoms with E-state index in [2.05, 4.69) is 10.6 Å². The molecule has 2 N–H and O–H groups in total. The van der Waals surface area contributed by atoms with E-state index in [1.807, 2.05) is 42.5 Å². The van der Waals surface area contributed by atoms with Crippen molar-refractivity contribution in [2.24, 2.45) is 0 Å². The Kier molecular flexibility index (Phi) is 5.54. The largest absolute Gasteiger partial charge is 0.496 e. The van der Waals surface area contributed by atoms with E-state index in [4.69, 9.17) is 4.74 Å². The van der Waals surface area contributed by atoms with Crippen molar-refractivity contribution in [2.45, 2.75) is 13.0 Å². The molecule has 0 aromatic heterocycles. The van der Waals surface area contributed by atoms with Crippen LogP contribution in [0.5, 0.6) is 5.75 Å². The summed E-state index contributed by atoms with van der Waals surface area (Å²) in [6.07, 6.45) is -0.218. The van der Waals surface area contributed by atoms with Crippen LogP contribution in [0.3, 0.4) is 0 Å². The lowest BCUT2D eigenvalue weighted by Gasteiger charge is -2.09. The first-order valence-electron chi connectivity index (χ1n) is 6.92. The van der Waals surface area contributed by atoms with E-state index in [1.54, 1.807) is 19.2 Å². The Hall–Kier alpha value is -2.82. The van der Waals surface area contributed by atoms with Gasteiger partial charge in [0.2, 0.25) is 11.8 Å². The van der Waals surface area contributed by atoms with Crippen molar-refractivity contribution >= 4 is 17.5 Å². The van der Waals surface area contributed by atoms with Crippen molar-refractivity contribution in [3.8, 4) is 5.75 Å². The first-order chi connectivity index (χ1) is 10.7. The number of benzene rings is 2. The summed E-state index contributed by atoms with van der Waals surface area (Å²) in [5.74, 6) is 0.0274. The third-order valence-corrected chi connectivity index (χ3v) is 3.05. The molecule has 0 saturated heterocycles. The van der Waals surface area contributed by atoms with Crippen LogP contribution >= 0.6 is 0 Å². The summed E-state index contributed by atoms with van der Waals surface area (Å²) in [7, 11) is 1.58. The van der Waals surface area contributed by atoms with E-state index in [-0.39, 0.29) is 18.2 Å². The quantitative estimate of drug-likeness (QED) is 0.804. The van der Waals surface area contributed by atoms with Crippen molar-refractivity contribution in [2.75, 3.05) is 12.4 Å². The van der Waals surface area contributed by atoms with Gasteiger partial charge in [0, 0.05) is 17.8 Å². The molecular weight excluding hydrogens is 280 g/mol. The summed E-state index contributed by atoms with van der Waals surface area (Å²) in [6.45, 7) is 0.321. The summed E-state index contributed by atoms with van der Waals surface area (Å²) < 4.78 is 5.21. The fourth-order valence-corrected chi connectivity index (χ4v) is 1.98. The first kappa shape index (κ1) is 15.6. The molecule has 22 heavy (non-hydrogen) atoms. The maximum Gasteiger partial charge on any atom is 0.233 e. The van der Waals surface area contributed by atoms with Gasteiger partial charge in [0.25, 0.3) is 0 Å². The molecule has 0 spiro atoms. The maximum absolute atomic E-state index is 11.8. The number of nitrogens with one attached hydrogen (secondary N) is 2. The fourth-order valence-electron chi connectivity index (χ4n) is 1.98. The summed E-state index contributed by atoms with van der Waals surface area (Å²) in [6, 6.07) is 16.4. The Morgan fingerprint density at radius 1 is 0.955 bits per heavy atom. The van der Waals surface area contributed by atoms with Gasteiger partial charge in [-0.3, -0.25) is 9.59 Å². The molecule has 5 heteroatoms. The second-order valence-corrected chi connectivity index (χ2v) is 4.68. The second-order valence-electron chi connectivity index (χ2n) is 4.68. The van der Waals surface area contributed by atoms with Gasteiger partial charge in [-0.1, -0.05) is 36.4 Å². The molecule has 0 heterocycles. The number of rotatable bonds is 6. The van der Waals surface area contributed by atoms with Crippen LogP contribution in [0.4, 0.5) is 5.69 Å². The average molecular weight is 298 g/mol. The standard InChI is InChI=1S/C17H18N2O3/c1-22-15-10-6-5-7-13(15)12-18-16(20)11-17(21)19-14-8-3-2-4-9-14/h2-10H,11-12H2,1H3,(H,18,20)(H,19,21). The van der Waals surface area contributed by atoms with Crippen LogP contribution < -0.4 is 15.4 Å². The molecule has 2 aromatic carbocycles. The zero-order chi connectivity index (χ0) is 15.8. The highest BCUT2D eigenvalue weighted by Crippen LogP contribution is 2.16.